The van der Waals surface area contributed by atoms with Crippen molar-refractivity contribution in [3.05, 3.63) is 42.0 Å². The molecule has 8 rings (SSSR count). The van der Waals surface area contributed by atoms with E-state index >= 15 is 13.2 Å². The van der Waals surface area contributed by atoms with Crippen LogP contribution in [0.2, 0.25) is 0 Å². The van der Waals surface area contributed by atoms with Crippen LogP contribution in [0.1, 0.15) is 52.4 Å². The molecule has 4 atom stereocenters. The summed E-state index contributed by atoms with van der Waals surface area (Å²) < 4.78 is 65.9. The van der Waals surface area contributed by atoms with E-state index in [1.54, 1.807) is 17.9 Å². The molecule has 14 heteroatoms. The van der Waals surface area contributed by atoms with E-state index < -0.39 is 34.4 Å². The molecule has 11 nitrogen and oxygen atoms in total. The van der Waals surface area contributed by atoms with Crippen molar-refractivity contribution < 1.29 is 42.7 Å². The number of aliphatic hydroxyl groups is 2. The number of phenolic OH excluding ortho intramolecular Hbond substituents is 1. The molecule has 0 amide bonds. The van der Waals surface area contributed by atoms with Gasteiger partial charge in [0.15, 0.2) is 5.82 Å². The number of β-amino-alcohol motifs (C(OH)–C–C–N with tert-alkyl or cyclic N) is 1. The lowest BCUT2D eigenvalue weighted by Crippen LogP contribution is -2.58. The number of likely N-dealkylation sites (tertiary alicyclic amines) is 1. The molecule has 2 saturated carbocycles. The topological polar surface area (TPSA) is 134 Å². The molecule has 2 aromatic heterocycles. The summed E-state index contributed by atoms with van der Waals surface area (Å²) in [5.74, 6) is -1.31. The number of piperidine rings is 1. The van der Waals surface area contributed by atoms with E-state index in [0.717, 1.165) is 19.3 Å². The summed E-state index contributed by atoms with van der Waals surface area (Å²) in [6.45, 7) is 5.30. The molecular weight excluding hydrogens is 691 g/mol. The van der Waals surface area contributed by atoms with Gasteiger partial charge >= 0.3 is 6.01 Å². The number of aromatic hydroxyl groups is 1. The second-order valence-electron chi connectivity index (χ2n) is 16.2. The predicted molar refractivity (Wildman–Crippen MR) is 192 cm³/mol. The number of methoxy groups -OCH3 is 1. The Bertz CT molecular complexity index is 2040. The second-order valence-corrected chi connectivity index (χ2v) is 16.2. The van der Waals surface area contributed by atoms with E-state index in [-0.39, 0.29) is 90.0 Å². The molecule has 0 bridgehead atoms. The highest BCUT2D eigenvalue weighted by molar-refractivity contribution is 6.02. The molecule has 4 unspecified atom stereocenters. The molecule has 2 aromatic carbocycles. The average molecular weight is 738 g/mol. The summed E-state index contributed by atoms with van der Waals surface area (Å²) >= 11 is 0. The number of hydrogen-bond donors (Lipinski definition) is 3. The quantitative estimate of drug-likeness (QED) is 0.210. The number of fused-ring (bicyclic) bond motifs is 3. The van der Waals surface area contributed by atoms with Gasteiger partial charge in [-0.2, -0.15) is 9.97 Å². The molecule has 2 aliphatic carbocycles. The van der Waals surface area contributed by atoms with Crippen molar-refractivity contribution in [2.75, 3.05) is 58.0 Å². The third-order valence-corrected chi connectivity index (χ3v) is 11.6. The summed E-state index contributed by atoms with van der Waals surface area (Å²) in [6.07, 6.45) is 3.17. The van der Waals surface area contributed by atoms with Crippen molar-refractivity contribution in [3.63, 3.8) is 0 Å². The van der Waals surface area contributed by atoms with Gasteiger partial charge in [0, 0.05) is 42.0 Å². The van der Waals surface area contributed by atoms with Gasteiger partial charge in [0.2, 0.25) is 5.88 Å². The molecule has 2 saturated heterocycles. The van der Waals surface area contributed by atoms with Crippen LogP contribution in [0.4, 0.5) is 19.0 Å². The third kappa shape index (κ3) is 6.72. The SMILES string of the molecule is COc1nc(-c2cc(O)cc3cccc(F)c23)c(F)c2nc(OCC34CCCC3N(CC3CC(C)(O)C3)CC(F)C4)nc(N3CCOCC(C)(O)C3)c12. The molecule has 53 heavy (non-hydrogen) atoms. The van der Waals surface area contributed by atoms with E-state index in [2.05, 4.69) is 14.9 Å². The lowest BCUT2D eigenvalue weighted by atomic mass is 9.70. The van der Waals surface area contributed by atoms with Gasteiger partial charge in [-0.15, -0.1) is 0 Å². The smallest absolute Gasteiger partial charge is 0.319 e. The second kappa shape index (κ2) is 13.4. The summed E-state index contributed by atoms with van der Waals surface area (Å²) in [7, 11) is 1.37. The Hall–Kier alpha value is -3.98. The van der Waals surface area contributed by atoms with Crippen LogP contribution < -0.4 is 14.4 Å². The number of phenols is 1. The Morgan fingerprint density at radius 3 is 2.62 bits per heavy atom. The van der Waals surface area contributed by atoms with Crippen LogP contribution in [0, 0.1) is 23.0 Å². The Labute approximate surface area is 305 Å². The van der Waals surface area contributed by atoms with Crippen LogP contribution in [-0.2, 0) is 4.74 Å². The fourth-order valence-corrected chi connectivity index (χ4v) is 9.56. The van der Waals surface area contributed by atoms with Crippen molar-refractivity contribution in [2.24, 2.45) is 11.3 Å². The number of benzene rings is 2. The number of alkyl halides is 1. The van der Waals surface area contributed by atoms with Crippen molar-refractivity contribution >= 4 is 27.5 Å². The van der Waals surface area contributed by atoms with Crippen molar-refractivity contribution in [1.82, 2.24) is 19.9 Å². The van der Waals surface area contributed by atoms with E-state index in [1.807, 2.05) is 6.92 Å². The van der Waals surface area contributed by atoms with Gasteiger partial charge in [-0.1, -0.05) is 18.6 Å². The van der Waals surface area contributed by atoms with Gasteiger partial charge in [0.05, 0.1) is 39.1 Å². The number of halogens is 3. The zero-order chi connectivity index (χ0) is 37.3. The highest BCUT2D eigenvalue weighted by Gasteiger charge is 2.53. The minimum absolute atomic E-state index is 0.00137. The maximum absolute atomic E-state index is 17.1. The summed E-state index contributed by atoms with van der Waals surface area (Å²) in [5, 5.41) is 32.6. The van der Waals surface area contributed by atoms with Gasteiger partial charge < -0.3 is 34.4 Å². The van der Waals surface area contributed by atoms with E-state index in [9.17, 15) is 15.3 Å². The van der Waals surface area contributed by atoms with Crippen LogP contribution in [0.3, 0.4) is 0 Å². The molecule has 0 radical (unpaired) electrons. The number of ether oxygens (including phenoxy) is 3. The molecule has 2 aliphatic heterocycles. The van der Waals surface area contributed by atoms with Crippen LogP contribution in [-0.4, -0.2) is 112 Å². The molecule has 3 N–H and O–H groups in total. The van der Waals surface area contributed by atoms with E-state index in [0.29, 0.717) is 43.7 Å². The molecule has 4 heterocycles. The zero-order valence-corrected chi connectivity index (χ0v) is 30.2. The van der Waals surface area contributed by atoms with Crippen LogP contribution in [0.15, 0.2) is 30.3 Å². The Morgan fingerprint density at radius 2 is 1.85 bits per heavy atom. The fraction of sp³-hybridized carbons (Fsp3) is 0.564. The minimum atomic E-state index is -1.28. The normalized spacial score (nSPS) is 30.6. The number of rotatable bonds is 8. The Kier molecular flexibility index (Phi) is 9.10. The van der Waals surface area contributed by atoms with Gasteiger partial charge in [-0.25, -0.2) is 18.2 Å². The van der Waals surface area contributed by atoms with Gasteiger partial charge in [-0.05, 0) is 75.5 Å². The summed E-state index contributed by atoms with van der Waals surface area (Å²) in [5.41, 5.74) is -2.98. The molecule has 4 aliphatic rings. The van der Waals surface area contributed by atoms with Crippen LogP contribution in [0.25, 0.3) is 32.9 Å². The largest absolute Gasteiger partial charge is 0.508 e. The van der Waals surface area contributed by atoms with Gasteiger partial charge in [-0.3, -0.25) is 4.90 Å². The average Bonchev–Trinajstić information content (AvgIpc) is 3.42. The first-order valence-electron chi connectivity index (χ1n) is 18.4. The molecular formula is C39H46F3N5O6. The maximum Gasteiger partial charge on any atom is 0.319 e. The number of aromatic nitrogens is 3. The highest BCUT2D eigenvalue weighted by Crippen LogP contribution is 2.50. The predicted octanol–water partition coefficient (Wildman–Crippen LogP) is 5.55. The van der Waals surface area contributed by atoms with E-state index in [4.69, 9.17) is 19.2 Å². The monoisotopic (exact) mass is 737 g/mol. The van der Waals surface area contributed by atoms with Crippen LogP contribution in [0.5, 0.6) is 17.6 Å². The molecule has 4 fully saturated rings. The molecule has 4 aromatic rings. The van der Waals surface area contributed by atoms with Crippen molar-refractivity contribution in [1.29, 1.82) is 0 Å². The summed E-state index contributed by atoms with van der Waals surface area (Å²) in [4.78, 5) is 17.9. The number of hydrogen-bond acceptors (Lipinski definition) is 11. The lowest BCUT2D eigenvalue weighted by Gasteiger charge is -2.51. The molecule has 284 valence electrons. The third-order valence-electron chi connectivity index (χ3n) is 11.6. The lowest BCUT2D eigenvalue weighted by molar-refractivity contribution is -0.0917. The first-order valence-corrected chi connectivity index (χ1v) is 18.4. The zero-order valence-electron chi connectivity index (χ0n) is 30.2. The first kappa shape index (κ1) is 36.0. The Morgan fingerprint density at radius 1 is 1.04 bits per heavy atom. The summed E-state index contributed by atoms with van der Waals surface area (Å²) in [6, 6.07) is 6.91. The standard InChI is InChI=1S/C39H46F3N5O6/c1-37(49)14-22(15-37)17-47-18-24(40)16-39(9-5-8-28(39)47)21-53-36-44-33-30(34(45-36)46-10-11-52-20-38(2,50)19-46)35(51-3)43-32(31(33)42)26-13-25(48)12-23-6-4-7-27(41)29(23)26/h4,6-7,12-13,22,24,28,48-50H,5,8-11,14-21H2,1-3H3. The van der Waals surface area contributed by atoms with Gasteiger partial charge in [0.1, 0.15) is 45.8 Å². The number of nitrogens with zero attached hydrogens (tertiary/aromatic N) is 5. The van der Waals surface area contributed by atoms with Gasteiger partial charge in [0.25, 0.3) is 0 Å². The maximum atomic E-state index is 17.1. The van der Waals surface area contributed by atoms with Crippen molar-refractivity contribution in [2.45, 2.75) is 75.8 Å². The van der Waals surface area contributed by atoms with Crippen LogP contribution >= 0.6 is 0 Å². The fourth-order valence-electron chi connectivity index (χ4n) is 9.56. The minimum Gasteiger partial charge on any atom is -0.508 e. The highest BCUT2D eigenvalue weighted by atomic mass is 19.1. The number of anilines is 1. The van der Waals surface area contributed by atoms with Crippen molar-refractivity contribution in [3.8, 4) is 28.9 Å². The first-order chi connectivity index (χ1) is 25.2. The molecule has 0 spiro atoms. The van der Waals surface area contributed by atoms with E-state index in [1.165, 1.54) is 31.4 Å². The number of pyridine rings is 1. The Balaban J connectivity index is 1.23.